The molecule has 2 rings (SSSR count). The summed E-state index contributed by atoms with van der Waals surface area (Å²) in [6, 6.07) is 4.45. The van der Waals surface area contributed by atoms with Gasteiger partial charge in [-0.3, -0.25) is 4.79 Å². The molecule has 1 unspecified atom stereocenters. The molecule has 0 aliphatic carbocycles. The SMILES string of the molecule is CO[C@H]1CNCC1NC(=O)COc1cc(C)ccc1F. The third-order valence-corrected chi connectivity index (χ3v) is 3.25. The fraction of sp³-hybridized carbons (Fsp3) is 0.500. The lowest BCUT2D eigenvalue weighted by atomic mass is 10.2. The molecule has 1 aromatic rings. The van der Waals surface area contributed by atoms with Crippen LogP contribution in [-0.2, 0) is 9.53 Å². The number of amides is 1. The number of benzene rings is 1. The molecule has 0 spiro atoms. The Bertz CT molecular complexity index is 481. The zero-order valence-corrected chi connectivity index (χ0v) is 11.6. The number of halogens is 1. The minimum absolute atomic E-state index is 0.0466. The van der Waals surface area contributed by atoms with Gasteiger partial charge >= 0.3 is 0 Å². The quantitative estimate of drug-likeness (QED) is 0.831. The van der Waals surface area contributed by atoms with Gasteiger partial charge in [-0.2, -0.15) is 0 Å². The van der Waals surface area contributed by atoms with E-state index in [0.29, 0.717) is 13.1 Å². The van der Waals surface area contributed by atoms with Crippen LogP contribution in [0.15, 0.2) is 18.2 Å². The highest BCUT2D eigenvalue weighted by Gasteiger charge is 2.28. The highest BCUT2D eigenvalue weighted by atomic mass is 19.1. The average molecular weight is 282 g/mol. The third-order valence-electron chi connectivity index (χ3n) is 3.25. The zero-order valence-electron chi connectivity index (χ0n) is 11.6. The number of carbonyl (C=O) groups is 1. The van der Waals surface area contributed by atoms with E-state index in [2.05, 4.69) is 10.6 Å². The molecule has 1 aromatic carbocycles. The molecule has 1 saturated heterocycles. The van der Waals surface area contributed by atoms with Crippen LogP contribution >= 0.6 is 0 Å². The predicted molar refractivity (Wildman–Crippen MR) is 72.2 cm³/mol. The van der Waals surface area contributed by atoms with E-state index in [9.17, 15) is 9.18 Å². The maximum atomic E-state index is 13.5. The molecule has 1 aliphatic rings. The van der Waals surface area contributed by atoms with Crippen LogP contribution in [0.3, 0.4) is 0 Å². The first-order chi connectivity index (χ1) is 9.60. The molecule has 20 heavy (non-hydrogen) atoms. The molecule has 0 saturated carbocycles. The van der Waals surface area contributed by atoms with E-state index in [4.69, 9.17) is 9.47 Å². The highest BCUT2D eigenvalue weighted by molar-refractivity contribution is 5.78. The molecule has 5 nitrogen and oxygen atoms in total. The Kier molecular flexibility index (Phi) is 4.92. The number of aryl methyl sites for hydroxylation is 1. The summed E-state index contributed by atoms with van der Waals surface area (Å²) < 4.78 is 23.9. The van der Waals surface area contributed by atoms with Crippen molar-refractivity contribution in [1.82, 2.24) is 10.6 Å². The van der Waals surface area contributed by atoms with Crippen molar-refractivity contribution >= 4 is 5.91 Å². The smallest absolute Gasteiger partial charge is 0.258 e. The Morgan fingerprint density at radius 1 is 1.50 bits per heavy atom. The Morgan fingerprint density at radius 2 is 2.30 bits per heavy atom. The molecule has 1 fully saturated rings. The van der Waals surface area contributed by atoms with E-state index in [-0.39, 0.29) is 30.4 Å². The summed E-state index contributed by atoms with van der Waals surface area (Å²) in [6.07, 6.45) is -0.0466. The van der Waals surface area contributed by atoms with E-state index >= 15 is 0 Å². The van der Waals surface area contributed by atoms with Crippen molar-refractivity contribution in [2.45, 2.75) is 19.1 Å². The second-order valence-electron chi connectivity index (χ2n) is 4.83. The molecule has 2 N–H and O–H groups in total. The van der Waals surface area contributed by atoms with Gasteiger partial charge < -0.3 is 20.1 Å². The Balaban J connectivity index is 1.84. The molecule has 110 valence electrons. The largest absolute Gasteiger partial charge is 0.481 e. The van der Waals surface area contributed by atoms with Gasteiger partial charge in [0.25, 0.3) is 5.91 Å². The summed E-state index contributed by atoms with van der Waals surface area (Å²) in [6.45, 7) is 2.98. The van der Waals surface area contributed by atoms with Crippen LogP contribution in [0, 0.1) is 12.7 Å². The monoisotopic (exact) mass is 282 g/mol. The van der Waals surface area contributed by atoms with Crippen molar-refractivity contribution in [1.29, 1.82) is 0 Å². The Hall–Kier alpha value is -1.66. The first kappa shape index (κ1) is 14.7. The predicted octanol–water partition coefficient (Wildman–Crippen LogP) is 0.616. The Morgan fingerprint density at radius 3 is 3.05 bits per heavy atom. The van der Waals surface area contributed by atoms with Gasteiger partial charge in [-0.25, -0.2) is 4.39 Å². The Labute approximate surface area is 117 Å². The van der Waals surface area contributed by atoms with E-state index in [0.717, 1.165) is 5.56 Å². The van der Waals surface area contributed by atoms with Crippen molar-refractivity contribution in [3.05, 3.63) is 29.6 Å². The second-order valence-corrected chi connectivity index (χ2v) is 4.83. The van der Waals surface area contributed by atoms with Gasteiger partial charge in [0, 0.05) is 20.2 Å². The first-order valence-corrected chi connectivity index (χ1v) is 6.52. The molecule has 1 heterocycles. The topological polar surface area (TPSA) is 59.6 Å². The lowest BCUT2D eigenvalue weighted by Gasteiger charge is -2.18. The maximum Gasteiger partial charge on any atom is 0.258 e. The van der Waals surface area contributed by atoms with Crippen molar-refractivity contribution in [3.63, 3.8) is 0 Å². The summed E-state index contributed by atoms with van der Waals surface area (Å²) in [4.78, 5) is 11.8. The van der Waals surface area contributed by atoms with Gasteiger partial charge in [0.1, 0.15) is 0 Å². The fourth-order valence-electron chi connectivity index (χ4n) is 2.16. The molecule has 0 aromatic heterocycles. The molecule has 1 aliphatic heterocycles. The van der Waals surface area contributed by atoms with E-state index < -0.39 is 5.82 Å². The van der Waals surface area contributed by atoms with Crippen LogP contribution in [0.2, 0.25) is 0 Å². The van der Waals surface area contributed by atoms with Crippen LogP contribution in [0.5, 0.6) is 5.75 Å². The highest BCUT2D eigenvalue weighted by Crippen LogP contribution is 2.18. The molecule has 6 heteroatoms. The van der Waals surface area contributed by atoms with Crippen molar-refractivity contribution < 1.29 is 18.7 Å². The lowest BCUT2D eigenvalue weighted by Crippen LogP contribution is -2.45. The minimum Gasteiger partial charge on any atom is -0.481 e. The lowest BCUT2D eigenvalue weighted by molar-refractivity contribution is -0.124. The summed E-state index contributed by atoms with van der Waals surface area (Å²) in [5.41, 5.74) is 0.876. The third kappa shape index (κ3) is 3.68. The number of ether oxygens (including phenoxy) is 2. The van der Waals surface area contributed by atoms with Crippen LogP contribution in [0.1, 0.15) is 5.56 Å². The van der Waals surface area contributed by atoms with Gasteiger partial charge in [-0.05, 0) is 24.6 Å². The fourth-order valence-corrected chi connectivity index (χ4v) is 2.16. The van der Waals surface area contributed by atoms with Gasteiger partial charge in [0.05, 0.1) is 12.1 Å². The number of hydrogen-bond donors (Lipinski definition) is 2. The van der Waals surface area contributed by atoms with Crippen molar-refractivity contribution in [2.24, 2.45) is 0 Å². The molecule has 0 radical (unpaired) electrons. The average Bonchev–Trinajstić information content (AvgIpc) is 2.87. The second kappa shape index (κ2) is 6.67. The van der Waals surface area contributed by atoms with Crippen LogP contribution in [0.4, 0.5) is 4.39 Å². The summed E-state index contributed by atoms with van der Waals surface area (Å²) >= 11 is 0. The van der Waals surface area contributed by atoms with Gasteiger partial charge in [0.15, 0.2) is 18.2 Å². The minimum atomic E-state index is -0.472. The molecule has 1 amide bonds. The van der Waals surface area contributed by atoms with Crippen LogP contribution in [-0.4, -0.2) is 44.9 Å². The number of hydrogen-bond acceptors (Lipinski definition) is 4. The van der Waals surface area contributed by atoms with E-state index in [1.165, 1.54) is 6.07 Å². The molecular formula is C14H19FN2O3. The molecule has 2 atom stereocenters. The number of methoxy groups -OCH3 is 1. The van der Waals surface area contributed by atoms with Gasteiger partial charge in [0.2, 0.25) is 0 Å². The van der Waals surface area contributed by atoms with Crippen LogP contribution in [0.25, 0.3) is 0 Å². The first-order valence-electron chi connectivity index (χ1n) is 6.52. The normalized spacial score (nSPS) is 21.8. The number of rotatable bonds is 5. The number of nitrogens with one attached hydrogen (secondary N) is 2. The molecular weight excluding hydrogens is 263 g/mol. The number of carbonyl (C=O) groups excluding carboxylic acids is 1. The standard InChI is InChI=1S/C14H19FN2O3/c1-9-3-4-10(15)12(5-9)20-8-14(18)17-11-6-16-7-13(11)19-2/h3-5,11,13,16H,6-8H2,1-2H3,(H,17,18)/t11?,13-/m0/s1. The summed E-state index contributed by atoms with van der Waals surface area (Å²) in [7, 11) is 1.61. The van der Waals surface area contributed by atoms with Gasteiger partial charge in [-0.15, -0.1) is 0 Å². The van der Waals surface area contributed by atoms with Crippen LogP contribution < -0.4 is 15.4 Å². The molecule has 0 bridgehead atoms. The van der Waals surface area contributed by atoms with E-state index in [1.807, 2.05) is 6.92 Å². The van der Waals surface area contributed by atoms with Crippen molar-refractivity contribution in [3.8, 4) is 5.75 Å². The summed E-state index contributed by atoms with van der Waals surface area (Å²) in [5, 5.41) is 5.94. The van der Waals surface area contributed by atoms with Crippen molar-refractivity contribution in [2.75, 3.05) is 26.8 Å². The summed E-state index contributed by atoms with van der Waals surface area (Å²) in [5.74, 6) is -0.671. The van der Waals surface area contributed by atoms with E-state index in [1.54, 1.807) is 19.2 Å². The van der Waals surface area contributed by atoms with Gasteiger partial charge in [-0.1, -0.05) is 6.07 Å². The maximum absolute atomic E-state index is 13.5. The zero-order chi connectivity index (χ0) is 14.5.